The number of nitrogens with zero attached hydrogens (tertiary/aromatic N) is 2. The van der Waals surface area contributed by atoms with E-state index >= 15 is 0 Å². The second kappa shape index (κ2) is 5.75. The van der Waals surface area contributed by atoms with E-state index in [2.05, 4.69) is 23.7 Å². The van der Waals surface area contributed by atoms with Crippen LogP contribution in [0.4, 0.5) is 0 Å². The van der Waals surface area contributed by atoms with Gasteiger partial charge in [-0.3, -0.25) is 4.90 Å². The van der Waals surface area contributed by atoms with Gasteiger partial charge in [0.2, 0.25) is 0 Å². The maximum Gasteiger partial charge on any atom is 0.107 e. The molecule has 0 aromatic carbocycles. The molecule has 3 nitrogen and oxygen atoms in total. The van der Waals surface area contributed by atoms with E-state index in [-0.39, 0.29) is 0 Å². The third-order valence-corrected chi connectivity index (χ3v) is 3.96. The minimum absolute atomic E-state index is 0.402. The molecule has 0 spiro atoms. The van der Waals surface area contributed by atoms with Gasteiger partial charge in [-0.25, -0.2) is 4.98 Å². The average Bonchev–Trinajstić information content (AvgIpc) is 2.76. The van der Waals surface area contributed by atoms with Crippen molar-refractivity contribution in [3.05, 3.63) is 16.6 Å². The first-order valence-electron chi connectivity index (χ1n) is 6.02. The monoisotopic (exact) mass is 240 g/mol. The Balaban J connectivity index is 1.87. The summed E-state index contributed by atoms with van der Waals surface area (Å²) in [7, 11) is 0. The Labute approximate surface area is 101 Å². The van der Waals surface area contributed by atoms with Gasteiger partial charge in [0.25, 0.3) is 0 Å². The Morgan fingerprint density at radius 3 is 3.19 bits per heavy atom. The molecule has 0 bridgehead atoms. The van der Waals surface area contributed by atoms with Crippen molar-refractivity contribution in [2.45, 2.75) is 32.9 Å². The summed E-state index contributed by atoms with van der Waals surface area (Å²) < 4.78 is 5.79. The highest BCUT2D eigenvalue weighted by atomic mass is 32.1. The molecule has 1 aromatic rings. The molecule has 0 saturated carbocycles. The molecule has 1 aromatic heterocycles. The fraction of sp³-hybridized carbons (Fsp3) is 0.750. The summed E-state index contributed by atoms with van der Waals surface area (Å²) in [6.07, 6.45) is 3.52. The highest BCUT2D eigenvalue weighted by Crippen LogP contribution is 2.21. The number of ether oxygens (including phenoxy) is 1. The van der Waals surface area contributed by atoms with Gasteiger partial charge in [0.15, 0.2) is 0 Å². The predicted octanol–water partition coefficient (Wildman–Crippen LogP) is 2.39. The van der Waals surface area contributed by atoms with Gasteiger partial charge in [0.05, 0.1) is 12.6 Å². The highest BCUT2D eigenvalue weighted by Gasteiger charge is 2.26. The van der Waals surface area contributed by atoms with E-state index in [1.807, 2.05) is 11.6 Å². The highest BCUT2D eigenvalue weighted by molar-refractivity contribution is 7.09. The molecular formula is C12H20N2OS. The Bertz CT molecular complexity index is 302. The van der Waals surface area contributed by atoms with Crippen LogP contribution in [0.25, 0.3) is 0 Å². The van der Waals surface area contributed by atoms with Crippen molar-refractivity contribution in [1.82, 2.24) is 9.88 Å². The van der Waals surface area contributed by atoms with Gasteiger partial charge >= 0.3 is 0 Å². The zero-order valence-electron chi connectivity index (χ0n) is 10.1. The largest absolute Gasteiger partial charge is 0.377 e. The van der Waals surface area contributed by atoms with E-state index in [9.17, 15) is 0 Å². The van der Waals surface area contributed by atoms with Gasteiger partial charge in [-0.15, -0.1) is 11.3 Å². The van der Waals surface area contributed by atoms with E-state index in [0.717, 1.165) is 19.7 Å². The first-order valence-corrected chi connectivity index (χ1v) is 6.90. The molecule has 2 heterocycles. The van der Waals surface area contributed by atoms with Crippen LogP contribution in [0.3, 0.4) is 0 Å². The lowest BCUT2D eigenvalue weighted by Crippen LogP contribution is -2.43. The average molecular weight is 240 g/mol. The van der Waals surface area contributed by atoms with Gasteiger partial charge in [-0.05, 0) is 25.8 Å². The fourth-order valence-electron chi connectivity index (χ4n) is 2.19. The normalized spacial score (nSPS) is 27.1. The Kier molecular flexibility index (Phi) is 4.32. The molecule has 1 aliphatic heterocycles. The third kappa shape index (κ3) is 3.03. The van der Waals surface area contributed by atoms with Crippen LogP contribution in [0.15, 0.2) is 11.6 Å². The molecule has 0 amide bonds. The molecule has 1 aliphatic rings. The number of likely N-dealkylation sites (tertiary alicyclic amines) is 1. The van der Waals surface area contributed by atoms with Crippen LogP contribution in [0, 0.1) is 5.92 Å². The third-order valence-electron chi connectivity index (χ3n) is 3.20. The van der Waals surface area contributed by atoms with Gasteiger partial charge < -0.3 is 4.74 Å². The van der Waals surface area contributed by atoms with Crippen LogP contribution >= 0.6 is 11.3 Å². The molecule has 1 saturated heterocycles. The zero-order valence-corrected chi connectivity index (χ0v) is 10.9. The molecule has 1 fully saturated rings. The SMILES string of the molecule is CCO[C@H]1CN(Cc2nccs2)CC[C@H]1C. The number of rotatable bonds is 4. The molecule has 0 unspecified atom stereocenters. The number of thiazole rings is 1. The number of hydrogen-bond donors (Lipinski definition) is 0. The molecule has 4 heteroatoms. The maximum atomic E-state index is 5.79. The van der Waals surface area contributed by atoms with E-state index in [4.69, 9.17) is 4.74 Å². The molecule has 0 N–H and O–H groups in total. The van der Waals surface area contributed by atoms with Gasteiger partial charge in [-0.2, -0.15) is 0 Å². The summed E-state index contributed by atoms with van der Waals surface area (Å²) in [5.74, 6) is 0.687. The van der Waals surface area contributed by atoms with Crippen molar-refractivity contribution in [3.63, 3.8) is 0 Å². The molecular weight excluding hydrogens is 220 g/mol. The minimum Gasteiger partial charge on any atom is -0.377 e. The summed E-state index contributed by atoms with van der Waals surface area (Å²) in [5.41, 5.74) is 0. The molecule has 90 valence electrons. The van der Waals surface area contributed by atoms with E-state index in [1.165, 1.54) is 18.0 Å². The number of piperidine rings is 1. The standard InChI is InChI=1S/C12H20N2OS/c1-3-15-11-8-14(6-4-10(11)2)9-12-13-5-7-16-12/h5,7,10-11H,3-4,6,8-9H2,1-2H3/t10-,11+/m1/s1. The topological polar surface area (TPSA) is 25.4 Å². The van der Waals surface area contributed by atoms with Crippen molar-refractivity contribution in [3.8, 4) is 0 Å². The Hall–Kier alpha value is -0.450. The molecule has 0 radical (unpaired) electrons. The summed E-state index contributed by atoms with van der Waals surface area (Å²) in [6.45, 7) is 8.39. The summed E-state index contributed by atoms with van der Waals surface area (Å²) in [6, 6.07) is 0. The smallest absolute Gasteiger partial charge is 0.107 e. The molecule has 0 aliphatic carbocycles. The van der Waals surface area contributed by atoms with Crippen LogP contribution in [-0.4, -0.2) is 35.7 Å². The second-order valence-corrected chi connectivity index (χ2v) is 5.40. The van der Waals surface area contributed by atoms with Gasteiger partial charge in [0, 0.05) is 24.7 Å². The lowest BCUT2D eigenvalue weighted by atomic mass is 9.96. The van der Waals surface area contributed by atoms with E-state index < -0.39 is 0 Å². The lowest BCUT2D eigenvalue weighted by Gasteiger charge is -2.36. The maximum absolute atomic E-state index is 5.79. The van der Waals surface area contributed by atoms with Crippen molar-refractivity contribution < 1.29 is 4.74 Å². The Morgan fingerprint density at radius 2 is 2.50 bits per heavy atom. The summed E-state index contributed by atoms with van der Waals surface area (Å²) in [5, 5.41) is 3.26. The number of hydrogen-bond acceptors (Lipinski definition) is 4. The van der Waals surface area contributed by atoms with E-state index in [1.54, 1.807) is 11.3 Å². The number of aromatic nitrogens is 1. The van der Waals surface area contributed by atoms with Crippen LogP contribution in [0.1, 0.15) is 25.3 Å². The minimum atomic E-state index is 0.402. The summed E-state index contributed by atoms with van der Waals surface area (Å²) in [4.78, 5) is 6.79. The van der Waals surface area contributed by atoms with Gasteiger partial charge in [-0.1, -0.05) is 6.92 Å². The zero-order chi connectivity index (χ0) is 11.4. The first-order chi connectivity index (χ1) is 7.79. The quantitative estimate of drug-likeness (QED) is 0.808. The predicted molar refractivity (Wildman–Crippen MR) is 66.6 cm³/mol. The van der Waals surface area contributed by atoms with Crippen LogP contribution < -0.4 is 0 Å². The van der Waals surface area contributed by atoms with Crippen molar-refractivity contribution in [2.24, 2.45) is 5.92 Å². The Morgan fingerprint density at radius 1 is 1.62 bits per heavy atom. The fourth-order valence-corrected chi connectivity index (χ4v) is 2.85. The van der Waals surface area contributed by atoms with Gasteiger partial charge in [0.1, 0.15) is 5.01 Å². The van der Waals surface area contributed by atoms with Crippen molar-refractivity contribution >= 4 is 11.3 Å². The van der Waals surface area contributed by atoms with Crippen LogP contribution in [0.2, 0.25) is 0 Å². The summed E-state index contributed by atoms with van der Waals surface area (Å²) >= 11 is 1.74. The van der Waals surface area contributed by atoms with Crippen molar-refractivity contribution in [1.29, 1.82) is 0 Å². The molecule has 2 rings (SSSR count). The second-order valence-electron chi connectivity index (χ2n) is 4.42. The first kappa shape index (κ1) is 12.0. The molecule has 16 heavy (non-hydrogen) atoms. The van der Waals surface area contributed by atoms with E-state index in [0.29, 0.717) is 12.0 Å². The van der Waals surface area contributed by atoms with Crippen molar-refractivity contribution in [2.75, 3.05) is 19.7 Å². The van der Waals surface area contributed by atoms with Crippen LogP contribution in [0.5, 0.6) is 0 Å². The lowest BCUT2D eigenvalue weighted by molar-refractivity contribution is -0.0292. The van der Waals surface area contributed by atoms with Crippen LogP contribution in [-0.2, 0) is 11.3 Å². The molecule has 2 atom stereocenters.